The van der Waals surface area contributed by atoms with E-state index in [0.29, 0.717) is 12.5 Å². The Morgan fingerprint density at radius 3 is 3.17 bits per heavy atom. The van der Waals surface area contributed by atoms with Crippen LogP contribution in [0.5, 0.6) is 5.88 Å². The van der Waals surface area contributed by atoms with Gasteiger partial charge in [0.15, 0.2) is 0 Å². The molecule has 5 heteroatoms. The van der Waals surface area contributed by atoms with Gasteiger partial charge in [0.1, 0.15) is 6.10 Å². The van der Waals surface area contributed by atoms with Gasteiger partial charge in [0.05, 0.1) is 12.7 Å². The van der Waals surface area contributed by atoms with Gasteiger partial charge in [0.2, 0.25) is 5.88 Å². The van der Waals surface area contributed by atoms with E-state index in [4.69, 9.17) is 14.2 Å². The Kier molecular flexibility index (Phi) is 3.15. The molecule has 96 valence electrons. The van der Waals surface area contributed by atoms with E-state index < -0.39 is 6.16 Å². The van der Waals surface area contributed by atoms with Gasteiger partial charge in [-0.25, -0.2) is 9.78 Å². The molecule has 0 unspecified atom stereocenters. The lowest BCUT2D eigenvalue weighted by atomic mass is 10.0. The summed E-state index contributed by atoms with van der Waals surface area (Å²) in [5.41, 5.74) is 0. The summed E-state index contributed by atoms with van der Waals surface area (Å²) in [5.74, 6) is 0.589. The normalized spacial score (nSPS) is 29.9. The minimum Gasteiger partial charge on any atom is -0.428 e. The molecule has 1 saturated carbocycles. The molecule has 2 fully saturated rings. The summed E-state index contributed by atoms with van der Waals surface area (Å²) in [4.78, 5) is 15.5. The summed E-state index contributed by atoms with van der Waals surface area (Å²) in [6, 6.07) is 5.12. The molecule has 1 aromatic rings. The van der Waals surface area contributed by atoms with Crippen molar-refractivity contribution >= 4 is 6.16 Å². The van der Waals surface area contributed by atoms with Crippen molar-refractivity contribution in [1.29, 1.82) is 0 Å². The van der Waals surface area contributed by atoms with Crippen molar-refractivity contribution in [1.82, 2.24) is 4.98 Å². The summed E-state index contributed by atoms with van der Waals surface area (Å²) in [7, 11) is 0. The van der Waals surface area contributed by atoms with Crippen LogP contribution in [-0.2, 0) is 9.47 Å². The van der Waals surface area contributed by atoms with Crippen molar-refractivity contribution in [2.75, 3.05) is 6.61 Å². The topological polar surface area (TPSA) is 57.7 Å². The minimum atomic E-state index is -0.699. The SMILES string of the molecule is O=C(Oc1ccccn1)O[C@H]1CO[C@H]2CCC[C@H]21. The lowest BCUT2D eigenvalue weighted by molar-refractivity contribution is 0.0356. The molecule has 0 aromatic carbocycles. The zero-order valence-corrected chi connectivity index (χ0v) is 9.95. The Morgan fingerprint density at radius 1 is 1.39 bits per heavy atom. The highest BCUT2D eigenvalue weighted by Crippen LogP contribution is 2.37. The molecule has 0 N–H and O–H groups in total. The van der Waals surface area contributed by atoms with Gasteiger partial charge in [0, 0.05) is 18.2 Å². The number of hydrogen-bond acceptors (Lipinski definition) is 5. The number of carbonyl (C=O) groups excluding carboxylic acids is 1. The Morgan fingerprint density at radius 2 is 2.33 bits per heavy atom. The van der Waals surface area contributed by atoms with Crippen LogP contribution < -0.4 is 4.74 Å². The predicted molar refractivity (Wildman–Crippen MR) is 62.2 cm³/mol. The lowest BCUT2D eigenvalue weighted by Crippen LogP contribution is -2.27. The Hall–Kier alpha value is -1.62. The number of pyridine rings is 1. The number of aromatic nitrogens is 1. The van der Waals surface area contributed by atoms with E-state index in [9.17, 15) is 4.79 Å². The number of fused-ring (bicyclic) bond motifs is 1. The van der Waals surface area contributed by atoms with Crippen LogP contribution in [0.15, 0.2) is 24.4 Å². The minimum absolute atomic E-state index is 0.172. The van der Waals surface area contributed by atoms with Gasteiger partial charge in [-0.2, -0.15) is 0 Å². The second-order valence-electron chi connectivity index (χ2n) is 4.64. The molecular formula is C13H15NO4. The fourth-order valence-corrected chi connectivity index (χ4v) is 2.69. The summed E-state index contributed by atoms with van der Waals surface area (Å²) in [5, 5.41) is 0. The van der Waals surface area contributed by atoms with E-state index >= 15 is 0 Å². The number of hydrogen-bond donors (Lipinski definition) is 0. The molecule has 2 aliphatic rings. The zero-order chi connectivity index (χ0) is 12.4. The van der Waals surface area contributed by atoms with Crippen LogP contribution in [0, 0.1) is 5.92 Å². The summed E-state index contributed by atoms with van der Waals surface area (Å²) >= 11 is 0. The van der Waals surface area contributed by atoms with Gasteiger partial charge in [-0.3, -0.25) is 0 Å². The lowest BCUT2D eigenvalue weighted by Gasteiger charge is -2.15. The Bertz CT molecular complexity index is 422. The molecule has 1 aliphatic heterocycles. The fraction of sp³-hybridized carbons (Fsp3) is 0.538. The number of rotatable bonds is 2. The third-order valence-corrected chi connectivity index (χ3v) is 3.53. The largest absolute Gasteiger partial charge is 0.515 e. The maximum Gasteiger partial charge on any atom is 0.515 e. The highest BCUT2D eigenvalue weighted by molar-refractivity contribution is 5.63. The molecule has 1 aliphatic carbocycles. The molecule has 1 saturated heterocycles. The van der Waals surface area contributed by atoms with Gasteiger partial charge in [0.25, 0.3) is 0 Å². The number of nitrogens with zero attached hydrogens (tertiary/aromatic N) is 1. The van der Waals surface area contributed by atoms with Crippen molar-refractivity contribution < 1.29 is 19.0 Å². The van der Waals surface area contributed by atoms with Crippen LogP contribution in [-0.4, -0.2) is 30.0 Å². The molecule has 3 atom stereocenters. The van der Waals surface area contributed by atoms with Crippen LogP contribution >= 0.6 is 0 Å². The maximum absolute atomic E-state index is 11.6. The molecule has 2 heterocycles. The molecular weight excluding hydrogens is 234 g/mol. The average Bonchev–Trinajstić information content (AvgIpc) is 2.95. The van der Waals surface area contributed by atoms with Crippen molar-refractivity contribution in [2.24, 2.45) is 5.92 Å². The first-order valence-corrected chi connectivity index (χ1v) is 6.24. The first kappa shape index (κ1) is 11.5. The van der Waals surface area contributed by atoms with Crippen LogP contribution in [0.3, 0.4) is 0 Å². The second kappa shape index (κ2) is 4.94. The maximum atomic E-state index is 11.6. The molecule has 0 amide bonds. The van der Waals surface area contributed by atoms with Crippen LogP contribution in [0.4, 0.5) is 4.79 Å². The quantitative estimate of drug-likeness (QED) is 0.752. The Labute approximate surface area is 105 Å². The summed E-state index contributed by atoms with van der Waals surface area (Å²) < 4.78 is 15.9. The standard InChI is InChI=1S/C13H15NO4/c15-13(18-12-6-1-2-7-14-12)17-11-8-16-10-5-3-4-9(10)11/h1-2,6-7,9-11H,3-5,8H2/t9-,10+,11+/m1/s1. The van der Waals surface area contributed by atoms with Crippen molar-refractivity contribution in [3.63, 3.8) is 0 Å². The van der Waals surface area contributed by atoms with E-state index in [1.807, 2.05) is 0 Å². The Balaban J connectivity index is 1.55. The molecule has 1 aromatic heterocycles. The predicted octanol–water partition coefficient (Wildman–Crippen LogP) is 2.16. The van der Waals surface area contributed by atoms with Crippen molar-refractivity contribution in [3.05, 3.63) is 24.4 Å². The van der Waals surface area contributed by atoms with Crippen LogP contribution in [0.2, 0.25) is 0 Å². The first-order chi connectivity index (χ1) is 8.83. The van der Waals surface area contributed by atoms with E-state index in [0.717, 1.165) is 19.3 Å². The highest BCUT2D eigenvalue weighted by atomic mass is 16.7. The molecule has 18 heavy (non-hydrogen) atoms. The molecule has 0 spiro atoms. The molecule has 0 radical (unpaired) electrons. The van der Waals surface area contributed by atoms with Gasteiger partial charge in [-0.05, 0) is 18.9 Å². The number of carbonyl (C=O) groups is 1. The highest BCUT2D eigenvalue weighted by Gasteiger charge is 2.42. The molecule has 3 rings (SSSR count). The van der Waals surface area contributed by atoms with Crippen molar-refractivity contribution in [2.45, 2.75) is 31.5 Å². The van der Waals surface area contributed by atoms with Gasteiger partial charge < -0.3 is 14.2 Å². The third kappa shape index (κ3) is 2.31. The fourth-order valence-electron chi connectivity index (χ4n) is 2.69. The van der Waals surface area contributed by atoms with Crippen LogP contribution in [0.25, 0.3) is 0 Å². The first-order valence-electron chi connectivity index (χ1n) is 6.24. The van der Waals surface area contributed by atoms with Gasteiger partial charge in [-0.15, -0.1) is 0 Å². The van der Waals surface area contributed by atoms with Gasteiger partial charge >= 0.3 is 6.16 Å². The average molecular weight is 249 g/mol. The monoisotopic (exact) mass is 249 g/mol. The smallest absolute Gasteiger partial charge is 0.428 e. The van der Waals surface area contributed by atoms with Crippen molar-refractivity contribution in [3.8, 4) is 5.88 Å². The van der Waals surface area contributed by atoms with Crippen LogP contribution in [0.1, 0.15) is 19.3 Å². The number of ether oxygens (including phenoxy) is 3. The molecule has 5 nitrogen and oxygen atoms in total. The zero-order valence-electron chi connectivity index (χ0n) is 9.95. The summed E-state index contributed by atoms with van der Waals surface area (Å²) in [6.07, 6.45) is 4.23. The van der Waals surface area contributed by atoms with E-state index in [1.54, 1.807) is 24.4 Å². The van der Waals surface area contributed by atoms with E-state index in [-0.39, 0.29) is 18.1 Å². The second-order valence-corrected chi connectivity index (χ2v) is 4.64. The third-order valence-electron chi connectivity index (χ3n) is 3.53. The summed E-state index contributed by atoms with van der Waals surface area (Å²) in [6.45, 7) is 0.479. The van der Waals surface area contributed by atoms with E-state index in [2.05, 4.69) is 4.98 Å². The van der Waals surface area contributed by atoms with Gasteiger partial charge in [-0.1, -0.05) is 12.5 Å². The molecule has 0 bridgehead atoms. The van der Waals surface area contributed by atoms with E-state index in [1.165, 1.54) is 0 Å².